The average Bonchev–Trinajstić information content (AvgIpc) is 3.03. The number of halogens is 1. The summed E-state index contributed by atoms with van der Waals surface area (Å²) in [6, 6.07) is 7.39. The van der Waals surface area contributed by atoms with E-state index in [2.05, 4.69) is 29.8 Å². The van der Waals surface area contributed by atoms with Gasteiger partial charge in [0, 0.05) is 30.0 Å². The zero-order valence-corrected chi connectivity index (χ0v) is 19.5. The van der Waals surface area contributed by atoms with Crippen LogP contribution in [0.15, 0.2) is 29.3 Å². The van der Waals surface area contributed by atoms with Crippen LogP contribution in [0.4, 0.5) is 5.69 Å². The molecule has 0 aromatic heterocycles. The maximum Gasteiger partial charge on any atom is 0.221 e. The van der Waals surface area contributed by atoms with Crippen molar-refractivity contribution in [3.63, 3.8) is 0 Å². The highest BCUT2D eigenvalue weighted by atomic mass is 127. The van der Waals surface area contributed by atoms with E-state index in [0.29, 0.717) is 13.2 Å². The molecule has 1 fully saturated rings. The van der Waals surface area contributed by atoms with Crippen molar-refractivity contribution in [3.8, 4) is 5.75 Å². The molecule has 1 saturated heterocycles. The number of rotatable bonds is 8. The molecule has 0 bridgehead atoms. The van der Waals surface area contributed by atoms with Gasteiger partial charge in [0.2, 0.25) is 5.91 Å². The minimum atomic E-state index is -0.0931. The van der Waals surface area contributed by atoms with Crippen molar-refractivity contribution in [2.24, 2.45) is 4.99 Å². The summed E-state index contributed by atoms with van der Waals surface area (Å²) in [5.74, 6) is 2.71. The maximum atomic E-state index is 11.1. The number of anilines is 1. The Kier molecular flexibility index (Phi) is 10.9. The lowest BCUT2D eigenvalue weighted by Crippen LogP contribution is -2.40. The smallest absolute Gasteiger partial charge is 0.221 e. The minimum absolute atomic E-state index is 0. The Morgan fingerprint density at radius 2 is 2.19 bits per heavy atom. The molecule has 6 nitrogen and oxygen atoms in total. The number of nitrogens with zero attached hydrogens (tertiary/aromatic N) is 1. The van der Waals surface area contributed by atoms with Gasteiger partial charge in [-0.2, -0.15) is 11.8 Å². The lowest BCUT2D eigenvalue weighted by atomic mass is 10.1. The second kappa shape index (κ2) is 12.3. The standard InChI is InChI=1S/C19H30N4O2S.HI/c1-4-20-18(22-14-19(3)9-6-12-26-19)21-10-11-25-17-8-5-7-16(13-17)23-15(2)24;/h5,7-8,13H,4,6,9-12,14H2,1-3H3,(H,23,24)(H2,20,21,22);1H. The van der Waals surface area contributed by atoms with Gasteiger partial charge in [-0.1, -0.05) is 6.07 Å². The first-order chi connectivity index (χ1) is 12.5. The van der Waals surface area contributed by atoms with Crippen LogP contribution >= 0.6 is 35.7 Å². The fourth-order valence-electron chi connectivity index (χ4n) is 2.75. The summed E-state index contributed by atoms with van der Waals surface area (Å²) >= 11 is 2.02. The number of carbonyl (C=O) groups is 1. The van der Waals surface area contributed by atoms with Gasteiger partial charge in [0.05, 0.1) is 13.1 Å². The molecule has 1 heterocycles. The Labute approximate surface area is 183 Å². The normalized spacial score (nSPS) is 19.1. The second-order valence-corrected chi connectivity index (χ2v) is 8.26. The molecule has 1 unspecified atom stereocenters. The summed E-state index contributed by atoms with van der Waals surface area (Å²) in [6.07, 6.45) is 2.51. The third-order valence-corrected chi connectivity index (χ3v) is 5.56. The average molecular weight is 506 g/mol. The topological polar surface area (TPSA) is 74.8 Å². The number of ether oxygens (including phenoxy) is 1. The number of hydrogen-bond acceptors (Lipinski definition) is 4. The molecule has 152 valence electrons. The Morgan fingerprint density at radius 3 is 2.85 bits per heavy atom. The molecule has 1 aliphatic heterocycles. The summed E-state index contributed by atoms with van der Waals surface area (Å²) in [5.41, 5.74) is 0.736. The monoisotopic (exact) mass is 506 g/mol. The summed E-state index contributed by atoms with van der Waals surface area (Å²) in [4.78, 5) is 15.8. The number of guanidine groups is 1. The Morgan fingerprint density at radius 1 is 1.37 bits per heavy atom. The largest absolute Gasteiger partial charge is 0.492 e. The number of carbonyl (C=O) groups excluding carboxylic acids is 1. The van der Waals surface area contributed by atoms with Gasteiger partial charge in [-0.25, -0.2) is 0 Å². The van der Waals surface area contributed by atoms with E-state index in [1.54, 1.807) is 0 Å². The van der Waals surface area contributed by atoms with Gasteiger partial charge in [0.15, 0.2) is 5.96 Å². The van der Waals surface area contributed by atoms with E-state index >= 15 is 0 Å². The van der Waals surface area contributed by atoms with Gasteiger partial charge >= 0.3 is 0 Å². The van der Waals surface area contributed by atoms with Gasteiger partial charge in [-0.3, -0.25) is 9.79 Å². The van der Waals surface area contributed by atoms with Crippen LogP contribution in [-0.2, 0) is 4.79 Å². The lowest BCUT2D eigenvalue weighted by Gasteiger charge is -2.21. The number of nitrogens with one attached hydrogen (secondary N) is 3. The van der Waals surface area contributed by atoms with Gasteiger partial charge < -0.3 is 20.7 Å². The first-order valence-electron chi connectivity index (χ1n) is 9.17. The third-order valence-electron chi connectivity index (χ3n) is 4.03. The van der Waals surface area contributed by atoms with E-state index in [9.17, 15) is 4.79 Å². The highest BCUT2D eigenvalue weighted by Crippen LogP contribution is 2.37. The molecule has 1 atom stereocenters. The Hall–Kier alpha value is -1.16. The van der Waals surface area contributed by atoms with Crippen LogP contribution in [0.25, 0.3) is 0 Å². The van der Waals surface area contributed by atoms with Crippen LogP contribution in [-0.4, -0.2) is 48.6 Å². The van der Waals surface area contributed by atoms with E-state index < -0.39 is 0 Å². The molecule has 0 spiro atoms. The zero-order valence-electron chi connectivity index (χ0n) is 16.3. The highest BCUT2D eigenvalue weighted by Gasteiger charge is 2.29. The van der Waals surface area contributed by atoms with Crippen molar-refractivity contribution in [2.45, 2.75) is 38.4 Å². The van der Waals surface area contributed by atoms with Crippen LogP contribution < -0.4 is 20.7 Å². The zero-order chi connectivity index (χ0) is 18.8. The van der Waals surface area contributed by atoms with Crippen molar-refractivity contribution in [1.82, 2.24) is 10.6 Å². The van der Waals surface area contributed by atoms with E-state index in [1.807, 2.05) is 36.0 Å². The van der Waals surface area contributed by atoms with Crippen molar-refractivity contribution < 1.29 is 9.53 Å². The van der Waals surface area contributed by atoms with Crippen LogP contribution in [0, 0.1) is 0 Å². The maximum absolute atomic E-state index is 11.1. The van der Waals surface area contributed by atoms with Crippen LogP contribution in [0.2, 0.25) is 0 Å². The highest BCUT2D eigenvalue weighted by molar-refractivity contribution is 14.0. The fourth-order valence-corrected chi connectivity index (χ4v) is 3.98. The summed E-state index contributed by atoms with van der Waals surface area (Å²) in [7, 11) is 0. The van der Waals surface area contributed by atoms with E-state index in [1.165, 1.54) is 25.5 Å². The number of amides is 1. The molecule has 0 saturated carbocycles. The van der Waals surface area contributed by atoms with Crippen molar-refractivity contribution in [1.29, 1.82) is 0 Å². The van der Waals surface area contributed by atoms with Crippen molar-refractivity contribution >= 4 is 53.3 Å². The molecule has 1 aromatic carbocycles. The minimum Gasteiger partial charge on any atom is -0.492 e. The molecule has 0 aliphatic carbocycles. The van der Waals surface area contributed by atoms with Crippen molar-refractivity contribution in [3.05, 3.63) is 24.3 Å². The molecule has 1 aromatic rings. The van der Waals surface area contributed by atoms with E-state index in [-0.39, 0.29) is 34.6 Å². The van der Waals surface area contributed by atoms with Gasteiger partial charge in [-0.05, 0) is 44.6 Å². The van der Waals surface area contributed by atoms with Crippen LogP contribution in [0.3, 0.4) is 0 Å². The molecule has 3 N–H and O–H groups in total. The quantitative estimate of drug-likeness (QED) is 0.218. The molecule has 1 aliphatic rings. The first-order valence-corrected chi connectivity index (χ1v) is 10.2. The van der Waals surface area contributed by atoms with E-state index in [0.717, 1.165) is 30.5 Å². The molecular weight excluding hydrogens is 475 g/mol. The molecule has 27 heavy (non-hydrogen) atoms. The Bertz CT molecular complexity index is 621. The number of thioether (sulfide) groups is 1. The summed E-state index contributed by atoms with van der Waals surface area (Å²) in [5, 5.41) is 9.35. The Balaban J connectivity index is 0.00000364. The third kappa shape index (κ3) is 9.05. The van der Waals surface area contributed by atoms with Gasteiger partial charge in [-0.15, -0.1) is 24.0 Å². The summed E-state index contributed by atoms with van der Waals surface area (Å²) in [6.45, 7) is 8.67. The molecule has 2 rings (SSSR count). The molecule has 1 amide bonds. The second-order valence-electron chi connectivity index (χ2n) is 6.58. The lowest BCUT2D eigenvalue weighted by molar-refractivity contribution is -0.114. The van der Waals surface area contributed by atoms with Crippen molar-refractivity contribution in [2.75, 3.05) is 37.3 Å². The van der Waals surface area contributed by atoms with Gasteiger partial charge in [0.1, 0.15) is 12.4 Å². The van der Waals surface area contributed by atoms with Gasteiger partial charge in [0.25, 0.3) is 0 Å². The SMILES string of the molecule is CCNC(=NCC1(C)CCCS1)NCCOc1cccc(NC(C)=O)c1.I. The fraction of sp³-hybridized carbons (Fsp3) is 0.579. The number of hydrogen-bond donors (Lipinski definition) is 3. The first kappa shape index (κ1) is 23.9. The molecule has 8 heteroatoms. The predicted octanol–water partition coefficient (Wildman–Crippen LogP) is 3.48. The van der Waals surface area contributed by atoms with E-state index in [4.69, 9.17) is 9.73 Å². The summed E-state index contributed by atoms with van der Waals surface area (Å²) < 4.78 is 6.02. The number of aliphatic imine (C=N–C) groups is 1. The number of benzene rings is 1. The predicted molar refractivity (Wildman–Crippen MR) is 126 cm³/mol. The van der Waals surface area contributed by atoms with Crippen LogP contribution in [0.1, 0.15) is 33.6 Å². The molecular formula is C19H31IN4O2S. The molecule has 0 radical (unpaired) electrons. The van der Waals surface area contributed by atoms with Crippen LogP contribution in [0.5, 0.6) is 5.75 Å².